The number of aryl methyl sites for hydroxylation is 2. The largest absolute Gasteiger partial charge is 0.488 e. The number of hydrogen-bond donors (Lipinski definition) is 0. The zero-order chi connectivity index (χ0) is 13.2. The number of rotatable bonds is 4. The Bertz CT molecular complexity index is 396. The number of thiazole rings is 1. The lowest BCUT2D eigenvalue weighted by molar-refractivity contribution is 0.200. The smallest absolute Gasteiger partial charge is 0.158 e. The lowest BCUT2D eigenvalue weighted by Crippen LogP contribution is -2.06. The van der Waals surface area contributed by atoms with Gasteiger partial charge in [-0.3, -0.25) is 0 Å². The molecule has 0 fully saturated rings. The van der Waals surface area contributed by atoms with Crippen LogP contribution in [-0.2, 0) is 4.74 Å². The van der Waals surface area contributed by atoms with Crippen molar-refractivity contribution in [3.05, 3.63) is 21.2 Å². The van der Waals surface area contributed by atoms with Gasteiger partial charge in [0.1, 0.15) is 0 Å². The monoisotopic (exact) mass is 253 g/mol. The van der Waals surface area contributed by atoms with E-state index in [2.05, 4.69) is 46.5 Å². The van der Waals surface area contributed by atoms with Gasteiger partial charge in [-0.05, 0) is 46.1 Å². The van der Waals surface area contributed by atoms with Gasteiger partial charge in [0.2, 0.25) is 0 Å². The quantitative estimate of drug-likeness (QED) is 0.733. The average molecular weight is 253 g/mol. The first-order valence-electron chi connectivity index (χ1n) is 6.14. The van der Waals surface area contributed by atoms with E-state index in [-0.39, 0.29) is 6.10 Å². The summed E-state index contributed by atoms with van der Waals surface area (Å²) in [6.07, 6.45) is 0.184. The Morgan fingerprint density at radius 1 is 1.18 bits per heavy atom. The molecule has 0 amide bonds. The van der Waals surface area contributed by atoms with E-state index in [1.165, 1.54) is 10.5 Å². The Balaban J connectivity index is 3.19. The van der Waals surface area contributed by atoms with Gasteiger partial charge in [-0.15, -0.1) is 11.3 Å². The molecule has 0 aromatic carbocycles. The molecule has 0 unspecified atom stereocenters. The van der Waals surface area contributed by atoms with Gasteiger partial charge in [0.05, 0.1) is 11.8 Å². The summed E-state index contributed by atoms with van der Waals surface area (Å²) in [6, 6.07) is 0. The van der Waals surface area contributed by atoms with Crippen LogP contribution in [0.15, 0.2) is 5.57 Å². The van der Waals surface area contributed by atoms with Crippen molar-refractivity contribution in [2.45, 2.75) is 54.6 Å². The van der Waals surface area contributed by atoms with Gasteiger partial charge < -0.3 is 4.74 Å². The van der Waals surface area contributed by atoms with Gasteiger partial charge in [-0.25, -0.2) is 4.98 Å². The second kappa shape index (κ2) is 5.67. The molecule has 0 aliphatic carbocycles. The highest BCUT2D eigenvalue weighted by molar-refractivity contribution is 7.12. The third-order valence-corrected chi connectivity index (χ3v) is 3.87. The molecule has 0 bridgehead atoms. The van der Waals surface area contributed by atoms with Crippen LogP contribution < -0.4 is 0 Å². The Labute approximate surface area is 109 Å². The molecular formula is C14H23NOS. The summed E-state index contributed by atoms with van der Waals surface area (Å²) in [5, 5.41) is 1.01. The average Bonchev–Trinajstić information content (AvgIpc) is 2.54. The van der Waals surface area contributed by atoms with E-state index in [1.54, 1.807) is 11.3 Å². The molecule has 1 rings (SSSR count). The van der Waals surface area contributed by atoms with E-state index in [0.29, 0.717) is 5.92 Å². The van der Waals surface area contributed by atoms with Crippen molar-refractivity contribution >= 4 is 17.1 Å². The molecule has 0 spiro atoms. The van der Waals surface area contributed by atoms with Gasteiger partial charge in [-0.1, -0.05) is 13.8 Å². The van der Waals surface area contributed by atoms with Crippen molar-refractivity contribution in [2.24, 2.45) is 5.92 Å². The molecule has 0 radical (unpaired) electrons. The van der Waals surface area contributed by atoms with E-state index < -0.39 is 0 Å². The SMILES string of the molecule is C/C(=C(/OC(C)C)c1nc(C)c(C)s1)C(C)C. The van der Waals surface area contributed by atoms with Crippen molar-refractivity contribution in [3.63, 3.8) is 0 Å². The highest BCUT2D eigenvalue weighted by atomic mass is 32.1. The molecular weight excluding hydrogens is 230 g/mol. The number of hydrogen-bond acceptors (Lipinski definition) is 3. The molecule has 0 saturated carbocycles. The molecule has 17 heavy (non-hydrogen) atoms. The minimum absolute atomic E-state index is 0.184. The summed E-state index contributed by atoms with van der Waals surface area (Å²) in [4.78, 5) is 5.87. The number of allylic oxidation sites excluding steroid dienone is 1. The predicted octanol–water partition coefficient (Wildman–Crippen LogP) is 4.57. The Kier molecular flexibility index (Phi) is 4.75. The van der Waals surface area contributed by atoms with Crippen molar-refractivity contribution in [1.29, 1.82) is 0 Å². The lowest BCUT2D eigenvalue weighted by Gasteiger charge is -2.17. The van der Waals surface area contributed by atoms with Crippen LogP contribution in [0.2, 0.25) is 0 Å². The standard InChI is InChI=1S/C14H23NOS/c1-8(2)10(5)13(16-9(3)4)14-15-11(6)12(7)17-14/h8-9H,1-7H3/b13-10-. The van der Waals surface area contributed by atoms with Crippen LogP contribution in [0.3, 0.4) is 0 Å². The van der Waals surface area contributed by atoms with E-state index in [4.69, 9.17) is 4.74 Å². The number of nitrogens with zero attached hydrogens (tertiary/aromatic N) is 1. The fourth-order valence-corrected chi connectivity index (χ4v) is 2.35. The molecule has 0 aliphatic heterocycles. The van der Waals surface area contributed by atoms with Crippen LogP contribution in [0.25, 0.3) is 5.76 Å². The fraction of sp³-hybridized carbons (Fsp3) is 0.643. The maximum Gasteiger partial charge on any atom is 0.158 e. The van der Waals surface area contributed by atoms with Crippen molar-refractivity contribution < 1.29 is 4.74 Å². The van der Waals surface area contributed by atoms with Crippen LogP contribution in [0.5, 0.6) is 0 Å². The first kappa shape index (κ1) is 14.2. The zero-order valence-corrected chi connectivity index (χ0v) is 12.7. The summed E-state index contributed by atoms with van der Waals surface area (Å²) < 4.78 is 5.96. The minimum Gasteiger partial charge on any atom is -0.488 e. The summed E-state index contributed by atoms with van der Waals surface area (Å²) >= 11 is 1.72. The van der Waals surface area contributed by atoms with Crippen molar-refractivity contribution in [1.82, 2.24) is 4.98 Å². The van der Waals surface area contributed by atoms with Crippen molar-refractivity contribution in [3.8, 4) is 0 Å². The van der Waals surface area contributed by atoms with Gasteiger partial charge in [0, 0.05) is 4.88 Å². The fourth-order valence-electron chi connectivity index (χ4n) is 1.38. The van der Waals surface area contributed by atoms with Crippen LogP contribution in [-0.4, -0.2) is 11.1 Å². The van der Waals surface area contributed by atoms with Crippen LogP contribution in [0, 0.1) is 19.8 Å². The molecule has 1 aromatic heterocycles. The first-order chi connectivity index (χ1) is 7.82. The number of ether oxygens (including phenoxy) is 1. The lowest BCUT2D eigenvalue weighted by atomic mass is 10.0. The topological polar surface area (TPSA) is 22.1 Å². The predicted molar refractivity (Wildman–Crippen MR) is 75.2 cm³/mol. The van der Waals surface area contributed by atoms with Gasteiger partial charge >= 0.3 is 0 Å². The normalized spacial score (nSPS) is 13.2. The number of aromatic nitrogens is 1. The van der Waals surface area contributed by atoms with Gasteiger partial charge in [0.25, 0.3) is 0 Å². The summed E-state index contributed by atoms with van der Waals surface area (Å²) in [7, 11) is 0. The first-order valence-corrected chi connectivity index (χ1v) is 6.96. The highest BCUT2D eigenvalue weighted by Crippen LogP contribution is 2.30. The second-order valence-electron chi connectivity index (χ2n) is 4.99. The molecule has 0 atom stereocenters. The third-order valence-electron chi connectivity index (χ3n) is 2.80. The maximum absolute atomic E-state index is 5.96. The zero-order valence-electron chi connectivity index (χ0n) is 11.9. The van der Waals surface area contributed by atoms with Gasteiger partial charge in [0.15, 0.2) is 10.8 Å². The molecule has 2 nitrogen and oxygen atoms in total. The molecule has 96 valence electrons. The molecule has 3 heteroatoms. The molecule has 1 heterocycles. The molecule has 1 aromatic rings. The Morgan fingerprint density at radius 3 is 2.12 bits per heavy atom. The summed E-state index contributed by atoms with van der Waals surface area (Å²) in [6.45, 7) is 14.8. The highest BCUT2D eigenvalue weighted by Gasteiger charge is 2.16. The van der Waals surface area contributed by atoms with Crippen LogP contribution in [0.4, 0.5) is 0 Å². The van der Waals surface area contributed by atoms with Gasteiger partial charge in [-0.2, -0.15) is 0 Å². The van der Waals surface area contributed by atoms with E-state index in [0.717, 1.165) is 16.5 Å². The Morgan fingerprint density at radius 2 is 1.76 bits per heavy atom. The Hall–Kier alpha value is -0.830. The van der Waals surface area contributed by atoms with E-state index in [1.807, 2.05) is 6.92 Å². The maximum atomic E-state index is 5.96. The summed E-state index contributed by atoms with van der Waals surface area (Å²) in [5.74, 6) is 1.45. The molecule has 0 N–H and O–H groups in total. The van der Waals surface area contributed by atoms with E-state index in [9.17, 15) is 0 Å². The van der Waals surface area contributed by atoms with Crippen molar-refractivity contribution in [2.75, 3.05) is 0 Å². The van der Waals surface area contributed by atoms with Crippen LogP contribution >= 0.6 is 11.3 Å². The molecule has 0 aliphatic rings. The molecule has 0 saturated heterocycles. The summed E-state index contributed by atoms with van der Waals surface area (Å²) in [5.41, 5.74) is 2.37. The minimum atomic E-state index is 0.184. The third kappa shape index (κ3) is 3.56. The van der Waals surface area contributed by atoms with E-state index >= 15 is 0 Å². The second-order valence-corrected chi connectivity index (χ2v) is 6.20. The van der Waals surface area contributed by atoms with Crippen LogP contribution in [0.1, 0.15) is 50.2 Å².